The molecule has 0 unspecified atom stereocenters. The number of ether oxygens (including phenoxy) is 1. The minimum Gasteiger partial charge on any atom is -0.497 e. The first-order valence-electron chi connectivity index (χ1n) is 7.21. The van der Waals surface area contributed by atoms with E-state index in [1.165, 1.54) is 6.07 Å². The van der Waals surface area contributed by atoms with Gasteiger partial charge in [-0.25, -0.2) is 0 Å². The standard InChI is InChI=1S/C18H14N2O4/c1-24-14-10-8-13(9-11-14)19-18(21)15-6-2-4-12-5-3-7-16(17(12)15)20(22)23/h2-11H,1H3,(H,19,21). The number of nitro benzene ring substituents is 1. The molecule has 120 valence electrons. The molecule has 3 rings (SSSR count). The van der Waals surface area contributed by atoms with Gasteiger partial charge >= 0.3 is 0 Å². The van der Waals surface area contributed by atoms with Gasteiger partial charge < -0.3 is 10.1 Å². The Kier molecular flexibility index (Phi) is 4.11. The zero-order chi connectivity index (χ0) is 17.1. The van der Waals surface area contributed by atoms with Gasteiger partial charge in [0, 0.05) is 11.8 Å². The molecule has 0 saturated carbocycles. The first-order chi connectivity index (χ1) is 11.6. The van der Waals surface area contributed by atoms with Gasteiger partial charge in [0.25, 0.3) is 11.6 Å². The minimum atomic E-state index is -0.480. The van der Waals surface area contributed by atoms with Crippen LogP contribution in [0.4, 0.5) is 11.4 Å². The number of carbonyl (C=O) groups is 1. The highest BCUT2D eigenvalue weighted by Gasteiger charge is 2.19. The molecular formula is C18H14N2O4. The van der Waals surface area contributed by atoms with Crippen LogP contribution in [0.25, 0.3) is 10.8 Å². The average molecular weight is 322 g/mol. The Morgan fingerprint density at radius 3 is 2.33 bits per heavy atom. The summed E-state index contributed by atoms with van der Waals surface area (Å²) >= 11 is 0. The lowest BCUT2D eigenvalue weighted by molar-refractivity contribution is -0.383. The van der Waals surface area contributed by atoms with Crippen LogP contribution < -0.4 is 10.1 Å². The molecule has 0 bridgehead atoms. The summed E-state index contributed by atoms with van der Waals surface area (Å²) in [7, 11) is 1.56. The fourth-order valence-corrected chi connectivity index (χ4v) is 2.54. The molecule has 0 atom stereocenters. The van der Waals surface area contributed by atoms with Gasteiger partial charge in [0.2, 0.25) is 0 Å². The molecule has 3 aromatic rings. The molecule has 0 heterocycles. The van der Waals surface area contributed by atoms with Crippen LogP contribution in [0.1, 0.15) is 10.4 Å². The van der Waals surface area contributed by atoms with E-state index in [0.29, 0.717) is 22.2 Å². The van der Waals surface area contributed by atoms with Crippen molar-refractivity contribution in [2.24, 2.45) is 0 Å². The van der Waals surface area contributed by atoms with E-state index in [9.17, 15) is 14.9 Å². The number of carbonyl (C=O) groups excluding carboxylic acids is 1. The monoisotopic (exact) mass is 322 g/mol. The number of amides is 1. The second-order valence-corrected chi connectivity index (χ2v) is 5.12. The first-order valence-corrected chi connectivity index (χ1v) is 7.21. The zero-order valence-electron chi connectivity index (χ0n) is 12.9. The van der Waals surface area contributed by atoms with E-state index in [1.54, 1.807) is 61.7 Å². The van der Waals surface area contributed by atoms with Gasteiger partial charge in [-0.15, -0.1) is 0 Å². The van der Waals surface area contributed by atoms with E-state index in [0.717, 1.165) is 0 Å². The number of rotatable bonds is 4. The number of nitro groups is 1. The largest absolute Gasteiger partial charge is 0.497 e. The van der Waals surface area contributed by atoms with Crippen molar-refractivity contribution in [3.05, 3.63) is 76.3 Å². The summed E-state index contributed by atoms with van der Waals surface area (Å²) in [6.07, 6.45) is 0. The van der Waals surface area contributed by atoms with E-state index in [2.05, 4.69) is 5.32 Å². The molecule has 6 heteroatoms. The predicted octanol–water partition coefficient (Wildman–Crippen LogP) is 4.01. The first kappa shape index (κ1) is 15.5. The third-order valence-corrected chi connectivity index (χ3v) is 3.67. The van der Waals surface area contributed by atoms with Gasteiger partial charge in [0.15, 0.2) is 0 Å². The SMILES string of the molecule is COc1ccc(NC(=O)c2cccc3cccc([N+](=O)[O-])c23)cc1. The molecule has 0 aliphatic carbocycles. The van der Waals surface area contributed by atoms with Gasteiger partial charge in [-0.3, -0.25) is 14.9 Å². The predicted molar refractivity (Wildman–Crippen MR) is 91.5 cm³/mol. The average Bonchev–Trinajstić information content (AvgIpc) is 2.61. The van der Waals surface area contributed by atoms with E-state index in [1.807, 2.05) is 0 Å². The lowest BCUT2D eigenvalue weighted by atomic mass is 10.0. The van der Waals surface area contributed by atoms with Crippen LogP contribution in [0.2, 0.25) is 0 Å². The summed E-state index contributed by atoms with van der Waals surface area (Å²) in [5, 5.41) is 15.0. The Labute approximate surface area is 137 Å². The molecule has 1 amide bonds. The summed E-state index contributed by atoms with van der Waals surface area (Å²) in [5.41, 5.74) is 0.750. The normalized spacial score (nSPS) is 10.4. The number of nitrogens with zero attached hydrogens (tertiary/aromatic N) is 1. The quantitative estimate of drug-likeness (QED) is 0.581. The van der Waals surface area contributed by atoms with Gasteiger partial charge in [0.1, 0.15) is 5.75 Å². The highest BCUT2D eigenvalue weighted by atomic mass is 16.6. The maximum absolute atomic E-state index is 12.6. The van der Waals surface area contributed by atoms with Crippen LogP contribution in [0, 0.1) is 10.1 Å². The summed E-state index contributed by atoms with van der Waals surface area (Å²) in [5.74, 6) is 0.272. The number of benzene rings is 3. The van der Waals surface area contributed by atoms with Crippen LogP contribution in [0.5, 0.6) is 5.75 Å². The molecule has 1 N–H and O–H groups in total. The number of anilines is 1. The Hall–Kier alpha value is -3.41. The van der Waals surface area contributed by atoms with Crippen molar-refractivity contribution < 1.29 is 14.5 Å². The molecule has 0 saturated heterocycles. The smallest absolute Gasteiger partial charge is 0.277 e. The zero-order valence-corrected chi connectivity index (χ0v) is 12.9. The van der Waals surface area contributed by atoms with Crippen molar-refractivity contribution in [3.8, 4) is 5.75 Å². The molecule has 0 fully saturated rings. The van der Waals surface area contributed by atoms with Crippen LogP contribution in [-0.2, 0) is 0 Å². The number of methoxy groups -OCH3 is 1. The second kappa shape index (κ2) is 6.37. The van der Waals surface area contributed by atoms with Gasteiger partial charge in [0.05, 0.1) is 23.0 Å². The lowest BCUT2D eigenvalue weighted by Crippen LogP contribution is -2.12. The minimum absolute atomic E-state index is 0.0898. The second-order valence-electron chi connectivity index (χ2n) is 5.12. The van der Waals surface area contributed by atoms with Gasteiger partial charge in [-0.1, -0.05) is 24.3 Å². The highest BCUT2D eigenvalue weighted by molar-refractivity contribution is 6.15. The summed E-state index contributed by atoms with van der Waals surface area (Å²) in [6.45, 7) is 0. The van der Waals surface area contributed by atoms with Crippen LogP contribution >= 0.6 is 0 Å². The molecule has 3 aromatic carbocycles. The number of non-ortho nitro benzene ring substituents is 1. The summed E-state index contributed by atoms with van der Waals surface area (Å²) in [6, 6.07) is 16.6. The maximum atomic E-state index is 12.6. The molecule has 24 heavy (non-hydrogen) atoms. The third-order valence-electron chi connectivity index (χ3n) is 3.67. The van der Waals surface area contributed by atoms with E-state index >= 15 is 0 Å². The fraction of sp³-hybridized carbons (Fsp3) is 0.0556. The maximum Gasteiger partial charge on any atom is 0.277 e. The number of hydrogen-bond acceptors (Lipinski definition) is 4. The van der Waals surface area contributed by atoms with E-state index in [4.69, 9.17) is 4.74 Å². The molecule has 0 spiro atoms. The molecule has 0 radical (unpaired) electrons. The number of nitrogens with one attached hydrogen (secondary N) is 1. The molecule has 0 aliphatic heterocycles. The molecule has 6 nitrogen and oxygen atoms in total. The van der Waals surface area contributed by atoms with E-state index < -0.39 is 10.8 Å². The van der Waals surface area contributed by atoms with Crippen LogP contribution in [-0.4, -0.2) is 17.9 Å². The lowest BCUT2D eigenvalue weighted by Gasteiger charge is -2.09. The van der Waals surface area contributed by atoms with Crippen molar-refractivity contribution in [3.63, 3.8) is 0 Å². The Balaban J connectivity index is 2.01. The summed E-state index contributed by atoms with van der Waals surface area (Å²) in [4.78, 5) is 23.4. The number of fused-ring (bicyclic) bond motifs is 1. The van der Waals surface area contributed by atoms with Crippen molar-refractivity contribution in [1.29, 1.82) is 0 Å². The molecule has 0 aliphatic rings. The Morgan fingerprint density at radius 2 is 1.71 bits per heavy atom. The summed E-state index contributed by atoms with van der Waals surface area (Å²) < 4.78 is 5.07. The Morgan fingerprint density at radius 1 is 1.04 bits per heavy atom. The topological polar surface area (TPSA) is 81.5 Å². The molecular weight excluding hydrogens is 308 g/mol. The highest BCUT2D eigenvalue weighted by Crippen LogP contribution is 2.29. The van der Waals surface area contributed by atoms with Gasteiger partial charge in [-0.05, 0) is 35.7 Å². The molecule has 0 aromatic heterocycles. The van der Waals surface area contributed by atoms with Crippen molar-refractivity contribution in [2.75, 3.05) is 12.4 Å². The van der Waals surface area contributed by atoms with Crippen molar-refractivity contribution >= 4 is 28.1 Å². The number of hydrogen-bond donors (Lipinski definition) is 1. The van der Waals surface area contributed by atoms with Crippen molar-refractivity contribution in [2.45, 2.75) is 0 Å². The van der Waals surface area contributed by atoms with E-state index in [-0.39, 0.29) is 11.3 Å². The van der Waals surface area contributed by atoms with Gasteiger partial charge in [-0.2, -0.15) is 0 Å². The van der Waals surface area contributed by atoms with Crippen molar-refractivity contribution in [1.82, 2.24) is 0 Å². The third kappa shape index (κ3) is 2.89. The Bertz CT molecular complexity index is 915. The fourth-order valence-electron chi connectivity index (χ4n) is 2.54. The van der Waals surface area contributed by atoms with Crippen LogP contribution in [0.15, 0.2) is 60.7 Å². The van der Waals surface area contributed by atoms with Crippen LogP contribution in [0.3, 0.4) is 0 Å².